The van der Waals surface area contributed by atoms with E-state index in [9.17, 15) is 13.2 Å². The number of hydrogen-bond acceptors (Lipinski definition) is 4. The topological polar surface area (TPSA) is 75.7 Å². The van der Waals surface area contributed by atoms with Crippen LogP contribution in [0.15, 0.2) is 42.5 Å². The van der Waals surface area contributed by atoms with Crippen LogP contribution in [0.3, 0.4) is 0 Å². The molecular weight excluding hydrogens is 459 g/mol. The summed E-state index contributed by atoms with van der Waals surface area (Å²) in [6, 6.07) is 12.5. The maximum atomic E-state index is 12.8. The van der Waals surface area contributed by atoms with Gasteiger partial charge in [-0.2, -0.15) is 0 Å². The van der Waals surface area contributed by atoms with E-state index in [1.165, 1.54) is 10.4 Å². The lowest BCUT2D eigenvalue weighted by Gasteiger charge is -2.30. The zero-order valence-electron chi connectivity index (χ0n) is 17.3. The number of amides is 1. The predicted octanol–water partition coefficient (Wildman–Crippen LogP) is 3.90. The highest BCUT2D eigenvalue weighted by molar-refractivity contribution is 7.88. The van der Waals surface area contributed by atoms with Crippen LogP contribution in [-0.4, -0.2) is 45.4 Å². The predicted molar refractivity (Wildman–Crippen MR) is 123 cm³/mol. The molecular formula is C22H26Cl2N2O4S. The molecule has 31 heavy (non-hydrogen) atoms. The number of carbonyl (C=O) groups excluding carboxylic acids is 1. The molecule has 0 bridgehead atoms. The second kappa shape index (κ2) is 10.7. The van der Waals surface area contributed by atoms with Crippen molar-refractivity contribution >= 4 is 39.1 Å². The first-order chi connectivity index (χ1) is 14.8. The Morgan fingerprint density at radius 3 is 2.42 bits per heavy atom. The van der Waals surface area contributed by atoms with Crippen LogP contribution in [-0.2, 0) is 27.0 Å². The molecule has 1 aliphatic rings. The van der Waals surface area contributed by atoms with E-state index < -0.39 is 10.0 Å². The second-order valence-electron chi connectivity index (χ2n) is 7.55. The van der Waals surface area contributed by atoms with Crippen LogP contribution in [0.5, 0.6) is 5.75 Å². The Bertz CT molecular complexity index is 1000. The van der Waals surface area contributed by atoms with E-state index in [0.717, 1.165) is 17.7 Å². The molecule has 1 N–H and O–H groups in total. The molecule has 1 heterocycles. The summed E-state index contributed by atoms with van der Waals surface area (Å²) in [5.41, 5.74) is 1.63. The van der Waals surface area contributed by atoms with Crippen molar-refractivity contribution in [2.75, 3.05) is 26.7 Å². The van der Waals surface area contributed by atoms with Gasteiger partial charge in [0.15, 0.2) is 0 Å². The van der Waals surface area contributed by atoms with Gasteiger partial charge in [-0.1, -0.05) is 41.4 Å². The molecule has 0 saturated carbocycles. The fourth-order valence-corrected chi connectivity index (χ4v) is 5.74. The molecule has 168 valence electrons. The molecule has 0 atom stereocenters. The van der Waals surface area contributed by atoms with Crippen molar-refractivity contribution in [3.05, 3.63) is 63.6 Å². The minimum absolute atomic E-state index is 0.0219. The standard InChI is InChI=1S/C22H26Cl2N2O4S/c1-30-20-6-2-16(3-7-20)8-11-25-22(27)17-9-12-26(13-10-17)31(28,29)15-18-4-5-19(23)14-21(18)24/h2-7,14,17H,8-13,15H2,1H3,(H,25,27). The van der Waals surface area contributed by atoms with Crippen LogP contribution in [0.2, 0.25) is 10.0 Å². The third-order valence-electron chi connectivity index (χ3n) is 5.44. The van der Waals surface area contributed by atoms with Gasteiger partial charge in [0.25, 0.3) is 0 Å². The molecule has 0 aliphatic carbocycles. The van der Waals surface area contributed by atoms with Crippen molar-refractivity contribution in [2.24, 2.45) is 5.92 Å². The van der Waals surface area contributed by atoms with Gasteiger partial charge in [0.05, 0.1) is 12.9 Å². The molecule has 0 aromatic heterocycles. The van der Waals surface area contributed by atoms with Crippen molar-refractivity contribution in [3.8, 4) is 5.75 Å². The fraction of sp³-hybridized carbons (Fsp3) is 0.409. The van der Waals surface area contributed by atoms with Gasteiger partial charge in [-0.25, -0.2) is 12.7 Å². The highest BCUT2D eigenvalue weighted by atomic mass is 35.5. The molecule has 0 unspecified atom stereocenters. The maximum absolute atomic E-state index is 12.8. The number of ether oxygens (including phenoxy) is 1. The average molecular weight is 485 g/mol. The lowest BCUT2D eigenvalue weighted by atomic mass is 9.97. The largest absolute Gasteiger partial charge is 0.497 e. The summed E-state index contributed by atoms with van der Waals surface area (Å²) in [5.74, 6) is 0.419. The molecule has 2 aromatic carbocycles. The van der Waals surface area contributed by atoms with Crippen LogP contribution in [0.1, 0.15) is 24.0 Å². The van der Waals surface area contributed by atoms with Crippen LogP contribution in [0.4, 0.5) is 0 Å². The van der Waals surface area contributed by atoms with E-state index in [-0.39, 0.29) is 17.6 Å². The van der Waals surface area contributed by atoms with Crippen LogP contribution < -0.4 is 10.1 Å². The lowest BCUT2D eigenvalue weighted by molar-refractivity contribution is -0.126. The zero-order valence-corrected chi connectivity index (χ0v) is 19.6. The van der Waals surface area contributed by atoms with Gasteiger partial charge in [0, 0.05) is 35.6 Å². The van der Waals surface area contributed by atoms with Crippen LogP contribution in [0.25, 0.3) is 0 Å². The molecule has 1 aliphatic heterocycles. The fourth-order valence-electron chi connectivity index (χ4n) is 3.59. The smallest absolute Gasteiger partial charge is 0.223 e. The summed E-state index contributed by atoms with van der Waals surface area (Å²) in [6.45, 7) is 1.19. The van der Waals surface area contributed by atoms with Gasteiger partial charge in [0.2, 0.25) is 15.9 Å². The number of sulfonamides is 1. The summed E-state index contributed by atoms with van der Waals surface area (Å²) in [5, 5.41) is 3.77. The Labute approximate surface area is 193 Å². The summed E-state index contributed by atoms with van der Waals surface area (Å²) in [6.07, 6.45) is 1.73. The van der Waals surface area contributed by atoms with E-state index in [2.05, 4.69) is 5.32 Å². The van der Waals surface area contributed by atoms with E-state index >= 15 is 0 Å². The van der Waals surface area contributed by atoms with Gasteiger partial charge in [0.1, 0.15) is 5.75 Å². The van der Waals surface area contributed by atoms with Crippen molar-refractivity contribution in [1.29, 1.82) is 0 Å². The van der Waals surface area contributed by atoms with E-state index in [1.807, 2.05) is 24.3 Å². The number of halogens is 2. The molecule has 3 rings (SSSR count). The molecule has 9 heteroatoms. The first-order valence-corrected chi connectivity index (χ1v) is 12.5. The van der Waals surface area contributed by atoms with Crippen LogP contribution in [0, 0.1) is 5.92 Å². The SMILES string of the molecule is COc1ccc(CCNC(=O)C2CCN(S(=O)(=O)Cc3ccc(Cl)cc3Cl)CC2)cc1. The minimum atomic E-state index is -3.52. The van der Waals surface area contributed by atoms with Gasteiger partial charge in [-0.3, -0.25) is 4.79 Å². The minimum Gasteiger partial charge on any atom is -0.497 e. The summed E-state index contributed by atoms with van der Waals surface area (Å²) < 4.78 is 32.1. The Hall–Kier alpha value is -1.80. The van der Waals surface area contributed by atoms with Crippen molar-refractivity contribution < 1.29 is 17.9 Å². The molecule has 0 spiro atoms. The van der Waals surface area contributed by atoms with Crippen molar-refractivity contribution in [3.63, 3.8) is 0 Å². The van der Waals surface area contributed by atoms with Gasteiger partial charge >= 0.3 is 0 Å². The number of nitrogens with one attached hydrogen (secondary N) is 1. The summed E-state index contributed by atoms with van der Waals surface area (Å²) in [4.78, 5) is 12.5. The number of methoxy groups -OCH3 is 1. The Morgan fingerprint density at radius 2 is 1.81 bits per heavy atom. The number of piperidine rings is 1. The molecule has 6 nitrogen and oxygen atoms in total. The highest BCUT2D eigenvalue weighted by Crippen LogP contribution is 2.26. The van der Waals surface area contributed by atoms with Crippen molar-refractivity contribution in [1.82, 2.24) is 9.62 Å². The molecule has 2 aromatic rings. The van der Waals surface area contributed by atoms with E-state index in [4.69, 9.17) is 27.9 Å². The monoisotopic (exact) mass is 484 g/mol. The third-order valence-corrected chi connectivity index (χ3v) is 7.86. The zero-order chi connectivity index (χ0) is 22.4. The highest BCUT2D eigenvalue weighted by Gasteiger charge is 2.31. The quantitative estimate of drug-likeness (QED) is 0.616. The first-order valence-electron chi connectivity index (χ1n) is 10.1. The molecule has 1 fully saturated rings. The van der Waals surface area contributed by atoms with Crippen LogP contribution >= 0.6 is 23.2 Å². The number of rotatable bonds is 8. The van der Waals surface area contributed by atoms with Gasteiger partial charge in [-0.15, -0.1) is 0 Å². The van der Waals surface area contributed by atoms with Gasteiger partial charge in [-0.05, 0) is 54.7 Å². The van der Waals surface area contributed by atoms with Crippen molar-refractivity contribution in [2.45, 2.75) is 25.0 Å². The van der Waals surface area contributed by atoms with E-state index in [1.54, 1.807) is 19.2 Å². The second-order valence-corrected chi connectivity index (χ2v) is 10.4. The Morgan fingerprint density at radius 1 is 1.13 bits per heavy atom. The normalized spacial score (nSPS) is 15.6. The first kappa shape index (κ1) is 23.9. The van der Waals surface area contributed by atoms with Gasteiger partial charge < -0.3 is 10.1 Å². The summed E-state index contributed by atoms with van der Waals surface area (Å²) >= 11 is 12.0. The number of carbonyl (C=O) groups is 1. The average Bonchev–Trinajstić information content (AvgIpc) is 2.76. The molecule has 0 radical (unpaired) electrons. The Kier molecular flexibility index (Phi) is 8.22. The summed E-state index contributed by atoms with van der Waals surface area (Å²) in [7, 11) is -1.89. The lowest BCUT2D eigenvalue weighted by Crippen LogP contribution is -2.43. The number of benzene rings is 2. The maximum Gasteiger partial charge on any atom is 0.223 e. The molecule has 1 saturated heterocycles. The Balaban J connectivity index is 1.46. The third kappa shape index (κ3) is 6.59. The van der Waals surface area contributed by atoms with E-state index in [0.29, 0.717) is 48.1 Å². The molecule has 1 amide bonds. The number of nitrogens with zero attached hydrogens (tertiary/aromatic N) is 1. The number of hydrogen-bond donors (Lipinski definition) is 1.